The number of hydrogen-bond acceptors (Lipinski definition) is 1. The van der Waals surface area contributed by atoms with Crippen LogP contribution in [0.2, 0.25) is 10.2 Å². The van der Waals surface area contributed by atoms with Crippen LogP contribution in [-0.4, -0.2) is 9.78 Å². The molecule has 2 aromatic carbocycles. The zero-order valence-corrected chi connectivity index (χ0v) is 15.2. The molecule has 2 N–H and O–H groups in total. The highest BCUT2D eigenvalue weighted by Gasteiger charge is 2.17. The third-order valence-corrected chi connectivity index (χ3v) is 4.83. The summed E-state index contributed by atoms with van der Waals surface area (Å²) in [5, 5.41) is 8.29. The van der Waals surface area contributed by atoms with Crippen molar-refractivity contribution in [1.82, 2.24) is 9.78 Å². The lowest BCUT2D eigenvalue weighted by atomic mass is 10.1. The Morgan fingerprint density at radius 3 is 2.38 bits per heavy atom. The van der Waals surface area contributed by atoms with Gasteiger partial charge in [-0.1, -0.05) is 53.5 Å². The van der Waals surface area contributed by atoms with Gasteiger partial charge in [-0.3, -0.25) is 0 Å². The van der Waals surface area contributed by atoms with Crippen LogP contribution in [0.15, 0.2) is 54.6 Å². The first-order valence-electron chi connectivity index (χ1n) is 7.94. The molecular weight excluding hydrogens is 341 g/mol. The Kier molecular flexibility index (Phi) is 5.24. The summed E-state index contributed by atoms with van der Waals surface area (Å²) in [7, 11) is 0. The highest BCUT2D eigenvalue weighted by Crippen LogP contribution is 2.23. The van der Waals surface area contributed by atoms with Gasteiger partial charge in [0, 0.05) is 10.6 Å². The monoisotopic (exact) mass is 360 g/mol. The van der Waals surface area contributed by atoms with Crippen LogP contribution in [0.1, 0.15) is 29.8 Å². The van der Waals surface area contributed by atoms with E-state index in [2.05, 4.69) is 29.5 Å². The zero-order chi connectivity index (χ0) is 17.1. The minimum atomic E-state index is 0.317. The molecule has 0 radical (unpaired) electrons. The highest BCUT2D eigenvalue weighted by molar-refractivity contribution is 6.30. The minimum Gasteiger partial charge on any atom is -0.336 e. The number of nitrogens with zero attached hydrogens (tertiary/aromatic N) is 2. The SMILES string of the molecule is Cc1nn(-c2ccccc2)c(Cl)c1C[NH2+][C@@H](C)c1ccc(Cl)cc1. The first-order valence-corrected chi connectivity index (χ1v) is 8.70. The number of aromatic nitrogens is 2. The molecule has 3 nitrogen and oxygen atoms in total. The summed E-state index contributed by atoms with van der Waals surface area (Å²) in [6, 6.07) is 18.2. The van der Waals surface area contributed by atoms with Crippen molar-refractivity contribution in [3.05, 3.63) is 81.6 Å². The average molecular weight is 361 g/mol. The molecule has 5 heteroatoms. The second kappa shape index (κ2) is 7.39. The molecule has 1 aromatic heterocycles. The number of hydrogen-bond donors (Lipinski definition) is 1. The Hall–Kier alpha value is -1.81. The Balaban J connectivity index is 1.76. The van der Waals surface area contributed by atoms with Gasteiger partial charge in [-0.2, -0.15) is 5.10 Å². The van der Waals surface area contributed by atoms with Gasteiger partial charge in [0.05, 0.1) is 16.9 Å². The first-order chi connectivity index (χ1) is 11.6. The molecule has 1 heterocycles. The van der Waals surface area contributed by atoms with Crippen LogP contribution in [0.25, 0.3) is 5.69 Å². The zero-order valence-electron chi connectivity index (χ0n) is 13.7. The normalized spacial score (nSPS) is 12.3. The van der Waals surface area contributed by atoms with E-state index in [0.29, 0.717) is 11.2 Å². The highest BCUT2D eigenvalue weighted by atomic mass is 35.5. The molecule has 0 aliphatic rings. The van der Waals surface area contributed by atoms with Gasteiger partial charge in [-0.25, -0.2) is 4.68 Å². The van der Waals surface area contributed by atoms with Crippen molar-refractivity contribution in [3.63, 3.8) is 0 Å². The van der Waals surface area contributed by atoms with Crippen molar-refractivity contribution in [1.29, 1.82) is 0 Å². The predicted molar refractivity (Wildman–Crippen MR) is 98.8 cm³/mol. The standard InChI is InChI=1S/C19H19Cl2N3/c1-13(15-8-10-16(20)11-9-15)22-12-18-14(2)23-24(19(18)21)17-6-4-3-5-7-17/h3-11,13,22H,12H2,1-2H3/p+1/t13-/m0/s1. The summed E-state index contributed by atoms with van der Waals surface area (Å²) in [6.45, 7) is 4.96. The fourth-order valence-corrected chi connectivity index (χ4v) is 3.18. The van der Waals surface area contributed by atoms with Crippen molar-refractivity contribution in [2.45, 2.75) is 26.4 Å². The van der Waals surface area contributed by atoms with E-state index >= 15 is 0 Å². The molecule has 0 saturated heterocycles. The summed E-state index contributed by atoms with van der Waals surface area (Å²) >= 11 is 12.5. The molecule has 0 spiro atoms. The third-order valence-electron chi connectivity index (χ3n) is 4.19. The van der Waals surface area contributed by atoms with E-state index in [1.165, 1.54) is 5.56 Å². The molecule has 3 aromatic rings. The van der Waals surface area contributed by atoms with E-state index in [1.807, 2.05) is 49.4 Å². The largest absolute Gasteiger partial charge is 0.336 e. The van der Waals surface area contributed by atoms with Crippen molar-refractivity contribution in [3.8, 4) is 5.69 Å². The van der Waals surface area contributed by atoms with Crippen LogP contribution in [0, 0.1) is 6.92 Å². The lowest BCUT2D eigenvalue weighted by molar-refractivity contribution is -0.708. The molecule has 24 heavy (non-hydrogen) atoms. The molecule has 124 valence electrons. The lowest BCUT2D eigenvalue weighted by Gasteiger charge is -2.11. The maximum Gasteiger partial charge on any atom is 0.142 e. The third kappa shape index (κ3) is 3.64. The van der Waals surface area contributed by atoms with Gasteiger partial charge in [-0.05, 0) is 38.1 Å². The van der Waals surface area contributed by atoms with Crippen LogP contribution in [0.4, 0.5) is 0 Å². The maximum atomic E-state index is 6.58. The van der Waals surface area contributed by atoms with Crippen molar-refractivity contribution >= 4 is 23.2 Å². The number of para-hydroxylation sites is 1. The molecule has 0 amide bonds. The molecular formula is C19H20Cl2N3+. The average Bonchev–Trinajstić information content (AvgIpc) is 2.88. The fraction of sp³-hybridized carbons (Fsp3) is 0.211. The van der Waals surface area contributed by atoms with Crippen LogP contribution in [0.3, 0.4) is 0 Å². The second-order valence-electron chi connectivity index (χ2n) is 5.88. The van der Waals surface area contributed by atoms with Gasteiger partial charge in [0.2, 0.25) is 0 Å². The minimum absolute atomic E-state index is 0.317. The summed E-state index contributed by atoms with van der Waals surface area (Å²) in [5.74, 6) is 0. The van der Waals surface area contributed by atoms with E-state index in [4.69, 9.17) is 23.2 Å². The summed E-state index contributed by atoms with van der Waals surface area (Å²) in [5.41, 5.74) is 4.25. The Bertz CT molecular complexity index is 811. The first kappa shape index (κ1) is 17.0. The van der Waals surface area contributed by atoms with Crippen LogP contribution < -0.4 is 5.32 Å². The van der Waals surface area contributed by atoms with Crippen LogP contribution in [0.5, 0.6) is 0 Å². The van der Waals surface area contributed by atoms with Crippen LogP contribution in [-0.2, 0) is 6.54 Å². The fourth-order valence-electron chi connectivity index (χ4n) is 2.70. The van der Waals surface area contributed by atoms with Crippen LogP contribution >= 0.6 is 23.2 Å². The summed E-state index contributed by atoms with van der Waals surface area (Å²) in [4.78, 5) is 0. The maximum absolute atomic E-state index is 6.58. The van der Waals surface area contributed by atoms with Crippen molar-refractivity contribution < 1.29 is 5.32 Å². The molecule has 0 aliphatic carbocycles. The van der Waals surface area contributed by atoms with E-state index in [0.717, 1.165) is 28.5 Å². The number of nitrogens with two attached hydrogens (primary N) is 1. The summed E-state index contributed by atoms with van der Waals surface area (Å²) in [6.07, 6.45) is 0. The topological polar surface area (TPSA) is 34.4 Å². The Morgan fingerprint density at radius 1 is 1.04 bits per heavy atom. The van der Waals surface area contributed by atoms with Gasteiger partial charge < -0.3 is 5.32 Å². The predicted octanol–water partition coefficient (Wildman–Crippen LogP) is 4.31. The van der Waals surface area contributed by atoms with Gasteiger partial charge in [0.1, 0.15) is 17.7 Å². The summed E-state index contributed by atoms with van der Waals surface area (Å²) < 4.78 is 1.80. The smallest absolute Gasteiger partial charge is 0.142 e. The molecule has 0 unspecified atom stereocenters. The van der Waals surface area contributed by atoms with Crippen molar-refractivity contribution in [2.24, 2.45) is 0 Å². The molecule has 0 aliphatic heterocycles. The molecule has 1 atom stereocenters. The number of aryl methyl sites for hydroxylation is 1. The van der Waals surface area contributed by atoms with E-state index < -0.39 is 0 Å². The van der Waals surface area contributed by atoms with Gasteiger partial charge >= 0.3 is 0 Å². The van der Waals surface area contributed by atoms with E-state index in [-0.39, 0.29) is 0 Å². The second-order valence-corrected chi connectivity index (χ2v) is 6.68. The molecule has 0 fully saturated rings. The molecule has 0 bridgehead atoms. The number of quaternary nitrogens is 1. The molecule has 3 rings (SSSR count). The number of benzene rings is 2. The van der Waals surface area contributed by atoms with E-state index in [9.17, 15) is 0 Å². The number of halogens is 2. The van der Waals surface area contributed by atoms with Gasteiger partial charge in [0.15, 0.2) is 0 Å². The Morgan fingerprint density at radius 2 is 1.71 bits per heavy atom. The van der Waals surface area contributed by atoms with Crippen molar-refractivity contribution in [2.75, 3.05) is 0 Å². The van der Waals surface area contributed by atoms with E-state index in [1.54, 1.807) is 4.68 Å². The van der Waals surface area contributed by atoms with Gasteiger partial charge in [0.25, 0.3) is 0 Å². The number of rotatable bonds is 5. The Labute approximate surface area is 152 Å². The molecule has 0 saturated carbocycles. The van der Waals surface area contributed by atoms with Gasteiger partial charge in [-0.15, -0.1) is 0 Å². The quantitative estimate of drug-likeness (QED) is 0.722. The lowest BCUT2D eigenvalue weighted by Crippen LogP contribution is -2.83.